The molecule has 1 aliphatic rings. The van der Waals surface area contributed by atoms with Crippen LogP contribution in [0.2, 0.25) is 0 Å². The van der Waals surface area contributed by atoms with Crippen molar-refractivity contribution in [2.45, 2.75) is 19.8 Å². The normalized spacial score (nSPS) is 15.7. The summed E-state index contributed by atoms with van der Waals surface area (Å²) in [4.78, 5) is 20.4. The lowest BCUT2D eigenvalue weighted by Gasteiger charge is -2.34. The van der Waals surface area contributed by atoms with Crippen molar-refractivity contribution in [1.29, 1.82) is 0 Å². The topological polar surface area (TPSA) is 62.5 Å². The lowest BCUT2D eigenvalue weighted by atomic mass is 10.1. The van der Waals surface area contributed by atoms with Crippen molar-refractivity contribution >= 4 is 5.91 Å². The van der Waals surface area contributed by atoms with Crippen LogP contribution in [0.25, 0.3) is 0 Å². The van der Waals surface area contributed by atoms with E-state index in [9.17, 15) is 9.18 Å². The second kappa shape index (κ2) is 7.53. The molecule has 128 valence electrons. The first-order valence-corrected chi connectivity index (χ1v) is 8.14. The highest BCUT2D eigenvalue weighted by molar-refractivity contribution is 5.78. The van der Waals surface area contributed by atoms with Crippen molar-refractivity contribution in [3.8, 4) is 0 Å². The summed E-state index contributed by atoms with van der Waals surface area (Å²) in [5, 5.41) is 3.76. The third-order valence-corrected chi connectivity index (χ3v) is 4.26. The van der Waals surface area contributed by atoms with Gasteiger partial charge in [-0.05, 0) is 18.1 Å². The summed E-state index contributed by atoms with van der Waals surface area (Å²) in [5.41, 5.74) is 0.739. The zero-order chi connectivity index (χ0) is 16.9. The Bertz CT molecular complexity index is 695. The highest BCUT2D eigenvalue weighted by atomic mass is 19.1. The monoisotopic (exact) mass is 332 g/mol. The third kappa shape index (κ3) is 4.17. The molecule has 1 fully saturated rings. The van der Waals surface area contributed by atoms with E-state index in [-0.39, 0.29) is 18.1 Å². The second-order valence-corrected chi connectivity index (χ2v) is 5.97. The Morgan fingerprint density at radius 3 is 2.67 bits per heavy atom. The molecule has 2 heterocycles. The van der Waals surface area contributed by atoms with Gasteiger partial charge in [-0.2, -0.15) is 4.98 Å². The molecule has 1 aliphatic heterocycles. The van der Waals surface area contributed by atoms with Gasteiger partial charge in [0.2, 0.25) is 11.8 Å². The minimum absolute atomic E-state index is 0.0181. The first kappa shape index (κ1) is 16.6. The zero-order valence-electron chi connectivity index (χ0n) is 13.7. The Morgan fingerprint density at radius 1 is 1.25 bits per heavy atom. The SMILES string of the molecule is Cc1nc(CC(=O)N2CCN(CCc3ccccc3F)CC2)no1. The van der Waals surface area contributed by atoms with Crippen molar-refractivity contribution in [3.63, 3.8) is 0 Å². The number of benzene rings is 1. The maximum Gasteiger partial charge on any atom is 0.230 e. The third-order valence-electron chi connectivity index (χ3n) is 4.26. The molecule has 0 bridgehead atoms. The number of aromatic nitrogens is 2. The molecule has 3 rings (SSSR count). The van der Waals surface area contributed by atoms with Crippen LogP contribution in [0.1, 0.15) is 17.3 Å². The number of piperazine rings is 1. The lowest BCUT2D eigenvalue weighted by Crippen LogP contribution is -2.49. The van der Waals surface area contributed by atoms with Crippen LogP contribution in [-0.2, 0) is 17.6 Å². The van der Waals surface area contributed by atoms with Crippen LogP contribution in [0.5, 0.6) is 0 Å². The van der Waals surface area contributed by atoms with E-state index in [1.54, 1.807) is 13.0 Å². The van der Waals surface area contributed by atoms with Gasteiger partial charge in [0.25, 0.3) is 0 Å². The van der Waals surface area contributed by atoms with E-state index in [1.165, 1.54) is 6.07 Å². The van der Waals surface area contributed by atoms with Gasteiger partial charge in [-0.1, -0.05) is 23.4 Å². The number of nitrogens with zero attached hydrogens (tertiary/aromatic N) is 4. The van der Waals surface area contributed by atoms with Gasteiger partial charge in [-0.25, -0.2) is 4.39 Å². The molecule has 2 aromatic rings. The minimum atomic E-state index is -0.151. The molecule has 1 amide bonds. The van der Waals surface area contributed by atoms with E-state index in [2.05, 4.69) is 15.0 Å². The van der Waals surface area contributed by atoms with Crippen LogP contribution in [0.15, 0.2) is 28.8 Å². The van der Waals surface area contributed by atoms with Gasteiger partial charge >= 0.3 is 0 Å². The standard InChI is InChI=1S/C17H21FN4O2/c1-13-19-16(20-24-13)12-17(23)22-10-8-21(9-11-22)7-6-14-4-2-3-5-15(14)18/h2-5H,6-12H2,1H3. The molecular formula is C17H21FN4O2. The van der Waals surface area contributed by atoms with Crippen LogP contribution in [0.3, 0.4) is 0 Å². The van der Waals surface area contributed by atoms with E-state index in [0.717, 1.165) is 25.2 Å². The number of hydrogen-bond donors (Lipinski definition) is 0. The lowest BCUT2D eigenvalue weighted by molar-refractivity contribution is -0.132. The minimum Gasteiger partial charge on any atom is -0.340 e. The molecule has 1 aromatic carbocycles. The largest absolute Gasteiger partial charge is 0.340 e. The predicted molar refractivity (Wildman–Crippen MR) is 85.9 cm³/mol. The van der Waals surface area contributed by atoms with E-state index in [4.69, 9.17) is 4.52 Å². The zero-order valence-corrected chi connectivity index (χ0v) is 13.7. The number of rotatable bonds is 5. The van der Waals surface area contributed by atoms with E-state index in [1.807, 2.05) is 17.0 Å². The Labute approximate surface area is 140 Å². The van der Waals surface area contributed by atoms with Crippen LogP contribution < -0.4 is 0 Å². The Hall–Kier alpha value is -2.28. The van der Waals surface area contributed by atoms with E-state index < -0.39 is 0 Å². The van der Waals surface area contributed by atoms with Crippen LogP contribution in [0, 0.1) is 12.7 Å². The molecule has 0 radical (unpaired) electrons. The highest BCUT2D eigenvalue weighted by Crippen LogP contribution is 2.10. The number of amides is 1. The van der Waals surface area contributed by atoms with Crippen molar-refractivity contribution in [2.24, 2.45) is 0 Å². The molecular weight excluding hydrogens is 311 g/mol. The molecule has 1 saturated heterocycles. The molecule has 0 unspecified atom stereocenters. The first-order chi connectivity index (χ1) is 11.6. The summed E-state index contributed by atoms with van der Waals surface area (Å²) >= 11 is 0. The second-order valence-electron chi connectivity index (χ2n) is 5.97. The smallest absolute Gasteiger partial charge is 0.230 e. The molecule has 0 saturated carbocycles. The van der Waals surface area contributed by atoms with E-state index >= 15 is 0 Å². The van der Waals surface area contributed by atoms with Gasteiger partial charge < -0.3 is 9.42 Å². The maximum absolute atomic E-state index is 13.6. The predicted octanol–water partition coefficient (Wildman–Crippen LogP) is 1.45. The van der Waals surface area contributed by atoms with Gasteiger partial charge in [-0.15, -0.1) is 0 Å². The Kier molecular flexibility index (Phi) is 5.20. The number of aryl methyl sites for hydroxylation is 1. The van der Waals surface area contributed by atoms with Gasteiger partial charge in [0.05, 0.1) is 6.42 Å². The molecule has 0 atom stereocenters. The van der Waals surface area contributed by atoms with E-state index in [0.29, 0.717) is 31.2 Å². The number of carbonyl (C=O) groups is 1. The quantitative estimate of drug-likeness (QED) is 0.829. The van der Waals surface area contributed by atoms with Crippen LogP contribution >= 0.6 is 0 Å². The fraction of sp³-hybridized carbons (Fsp3) is 0.471. The van der Waals surface area contributed by atoms with Gasteiger partial charge in [0.1, 0.15) is 5.82 Å². The molecule has 24 heavy (non-hydrogen) atoms. The summed E-state index contributed by atoms with van der Waals surface area (Å²) in [6.45, 7) is 5.44. The van der Waals surface area contributed by atoms with Crippen molar-refractivity contribution in [2.75, 3.05) is 32.7 Å². The fourth-order valence-corrected chi connectivity index (χ4v) is 2.86. The van der Waals surface area contributed by atoms with Gasteiger partial charge in [-0.3, -0.25) is 9.69 Å². The van der Waals surface area contributed by atoms with Crippen molar-refractivity contribution in [3.05, 3.63) is 47.4 Å². The molecule has 6 nitrogen and oxygen atoms in total. The average molecular weight is 332 g/mol. The molecule has 0 aliphatic carbocycles. The Balaban J connectivity index is 1.44. The average Bonchev–Trinajstić information content (AvgIpc) is 2.99. The summed E-state index contributed by atoms with van der Waals surface area (Å²) in [6, 6.07) is 6.87. The molecule has 0 spiro atoms. The van der Waals surface area contributed by atoms with Gasteiger partial charge in [0, 0.05) is 39.6 Å². The summed E-state index contributed by atoms with van der Waals surface area (Å²) in [6.07, 6.45) is 0.856. The summed E-state index contributed by atoms with van der Waals surface area (Å²) in [7, 11) is 0. The molecule has 7 heteroatoms. The highest BCUT2D eigenvalue weighted by Gasteiger charge is 2.22. The summed E-state index contributed by atoms with van der Waals surface area (Å²) < 4.78 is 18.5. The Morgan fingerprint density at radius 2 is 2.00 bits per heavy atom. The molecule has 0 N–H and O–H groups in total. The van der Waals surface area contributed by atoms with Gasteiger partial charge in [0.15, 0.2) is 5.82 Å². The van der Waals surface area contributed by atoms with Crippen LogP contribution in [0.4, 0.5) is 4.39 Å². The van der Waals surface area contributed by atoms with Crippen molar-refractivity contribution in [1.82, 2.24) is 19.9 Å². The van der Waals surface area contributed by atoms with Crippen molar-refractivity contribution < 1.29 is 13.7 Å². The summed E-state index contributed by atoms with van der Waals surface area (Å²) in [5.74, 6) is 0.765. The maximum atomic E-state index is 13.6. The fourth-order valence-electron chi connectivity index (χ4n) is 2.86. The number of carbonyl (C=O) groups excluding carboxylic acids is 1. The number of halogens is 1. The number of hydrogen-bond acceptors (Lipinski definition) is 5. The van der Waals surface area contributed by atoms with Crippen LogP contribution in [-0.4, -0.2) is 58.6 Å². The first-order valence-electron chi connectivity index (χ1n) is 8.14. The molecule has 1 aromatic heterocycles.